The van der Waals surface area contributed by atoms with Gasteiger partial charge in [-0.25, -0.2) is 0 Å². The third-order valence-corrected chi connectivity index (χ3v) is 6.00. The third-order valence-electron chi connectivity index (χ3n) is 5.01. The molecule has 0 saturated carbocycles. The van der Waals surface area contributed by atoms with Crippen LogP contribution in [0, 0.1) is 0 Å². The van der Waals surface area contributed by atoms with Crippen molar-refractivity contribution in [2.75, 3.05) is 39.5 Å². The second-order valence-electron chi connectivity index (χ2n) is 7.90. The molecule has 0 heterocycles. The standard InChI is InChI=1S/C27H32N2O2S.ClH/c1-29(2)18-6-17-28-27(30)25-15-13-24(14-16-25)23-11-9-22(10-12-23)21-32-20-19-31-26-7-4-3-5-8-26;/h3-5,7-16H,6,17-21H2,1-2H3,(H,28,30);1H. The van der Waals surface area contributed by atoms with Gasteiger partial charge in [0.1, 0.15) is 5.75 Å². The van der Waals surface area contributed by atoms with Crippen molar-refractivity contribution in [1.82, 2.24) is 10.2 Å². The number of amides is 1. The Kier molecular flexibility index (Phi) is 11.9. The number of thioether (sulfide) groups is 1. The van der Waals surface area contributed by atoms with Crippen LogP contribution in [0.2, 0.25) is 0 Å². The lowest BCUT2D eigenvalue weighted by atomic mass is 10.0. The molecule has 1 N–H and O–H groups in total. The summed E-state index contributed by atoms with van der Waals surface area (Å²) in [7, 11) is 4.07. The molecule has 0 fully saturated rings. The van der Waals surface area contributed by atoms with Gasteiger partial charge in [0.05, 0.1) is 6.61 Å². The molecule has 0 aliphatic heterocycles. The molecule has 4 nitrogen and oxygen atoms in total. The summed E-state index contributed by atoms with van der Waals surface area (Å²) in [6, 6.07) is 26.4. The summed E-state index contributed by atoms with van der Waals surface area (Å²) in [4.78, 5) is 14.4. The quantitative estimate of drug-likeness (QED) is 0.331. The average molecular weight is 485 g/mol. The van der Waals surface area contributed by atoms with E-state index in [1.54, 1.807) is 0 Å². The van der Waals surface area contributed by atoms with Crippen molar-refractivity contribution in [2.45, 2.75) is 12.2 Å². The van der Waals surface area contributed by atoms with Crippen LogP contribution >= 0.6 is 24.2 Å². The third kappa shape index (κ3) is 9.50. The molecule has 0 unspecified atom stereocenters. The predicted octanol–water partition coefficient (Wildman–Crippen LogP) is 5.77. The van der Waals surface area contributed by atoms with E-state index in [-0.39, 0.29) is 18.3 Å². The SMILES string of the molecule is CN(C)CCCNC(=O)c1ccc(-c2ccc(CSCCOc3ccccc3)cc2)cc1.Cl. The van der Waals surface area contributed by atoms with E-state index in [1.807, 2.05) is 80.5 Å². The van der Waals surface area contributed by atoms with Gasteiger partial charge in [-0.2, -0.15) is 11.8 Å². The van der Waals surface area contributed by atoms with Crippen LogP contribution in [-0.2, 0) is 5.75 Å². The Morgan fingerprint density at radius 2 is 1.55 bits per heavy atom. The van der Waals surface area contributed by atoms with E-state index in [9.17, 15) is 4.79 Å². The summed E-state index contributed by atoms with van der Waals surface area (Å²) in [6.45, 7) is 2.37. The predicted molar refractivity (Wildman–Crippen MR) is 143 cm³/mol. The smallest absolute Gasteiger partial charge is 0.251 e. The van der Waals surface area contributed by atoms with E-state index in [1.165, 1.54) is 5.56 Å². The van der Waals surface area contributed by atoms with Crippen LogP contribution in [0.4, 0.5) is 0 Å². The average Bonchev–Trinajstić information content (AvgIpc) is 2.82. The molecule has 1 amide bonds. The Bertz CT molecular complexity index is 948. The van der Waals surface area contributed by atoms with E-state index in [0.29, 0.717) is 18.7 Å². The number of carbonyl (C=O) groups is 1. The number of carbonyl (C=O) groups excluding carboxylic acids is 1. The van der Waals surface area contributed by atoms with Crippen molar-refractivity contribution >= 4 is 30.1 Å². The zero-order valence-electron chi connectivity index (χ0n) is 19.3. The Balaban J connectivity index is 0.00000385. The van der Waals surface area contributed by atoms with Gasteiger partial charge in [-0.3, -0.25) is 4.79 Å². The number of hydrogen-bond acceptors (Lipinski definition) is 4. The van der Waals surface area contributed by atoms with Gasteiger partial charge < -0.3 is 15.0 Å². The Morgan fingerprint density at radius 3 is 2.18 bits per heavy atom. The Labute approximate surface area is 208 Å². The van der Waals surface area contributed by atoms with Crippen molar-refractivity contribution in [3.63, 3.8) is 0 Å². The van der Waals surface area contributed by atoms with Crippen LogP contribution in [0.3, 0.4) is 0 Å². The van der Waals surface area contributed by atoms with Gasteiger partial charge in [0.15, 0.2) is 0 Å². The van der Waals surface area contributed by atoms with Crippen LogP contribution in [-0.4, -0.2) is 50.4 Å². The van der Waals surface area contributed by atoms with Crippen LogP contribution in [0.5, 0.6) is 5.75 Å². The highest BCUT2D eigenvalue weighted by Gasteiger charge is 2.06. The van der Waals surface area contributed by atoms with E-state index < -0.39 is 0 Å². The molecule has 0 bridgehead atoms. The van der Waals surface area contributed by atoms with E-state index in [4.69, 9.17) is 4.74 Å². The summed E-state index contributed by atoms with van der Waals surface area (Å²) in [5.74, 6) is 2.82. The molecule has 0 aliphatic carbocycles. The van der Waals surface area contributed by atoms with Gasteiger partial charge in [0, 0.05) is 23.6 Å². The van der Waals surface area contributed by atoms with E-state index in [0.717, 1.165) is 41.3 Å². The van der Waals surface area contributed by atoms with Crippen molar-refractivity contribution in [3.05, 3.63) is 90.0 Å². The summed E-state index contributed by atoms with van der Waals surface area (Å²) in [5, 5.41) is 2.98. The van der Waals surface area contributed by atoms with Gasteiger partial charge in [0.25, 0.3) is 5.91 Å². The van der Waals surface area contributed by atoms with Crippen molar-refractivity contribution in [2.24, 2.45) is 0 Å². The maximum atomic E-state index is 12.3. The molecular weight excluding hydrogens is 452 g/mol. The molecular formula is C27H33ClN2O2S. The molecule has 0 aromatic heterocycles. The van der Waals surface area contributed by atoms with Crippen LogP contribution in [0.1, 0.15) is 22.3 Å². The van der Waals surface area contributed by atoms with Gasteiger partial charge in [-0.15, -0.1) is 12.4 Å². The molecule has 176 valence electrons. The fourth-order valence-corrected chi connectivity index (χ4v) is 4.01. The molecule has 3 aromatic rings. The van der Waals surface area contributed by atoms with Crippen LogP contribution in [0.25, 0.3) is 11.1 Å². The monoisotopic (exact) mass is 484 g/mol. The van der Waals surface area contributed by atoms with Crippen molar-refractivity contribution < 1.29 is 9.53 Å². The minimum absolute atomic E-state index is 0. The van der Waals surface area contributed by atoms with E-state index >= 15 is 0 Å². The number of nitrogens with one attached hydrogen (secondary N) is 1. The largest absolute Gasteiger partial charge is 0.493 e. The molecule has 0 saturated heterocycles. The van der Waals surface area contributed by atoms with Crippen molar-refractivity contribution in [1.29, 1.82) is 0 Å². The van der Waals surface area contributed by atoms with Gasteiger partial charge in [-0.1, -0.05) is 54.6 Å². The number of halogens is 1. The molecule has 33 heavy (non-hydrogen) atoms. The second-order valence-corrected chi connectivity index (χ2v) is 9.01. The molecule has 3 aromatic carbocycles. The number of hydrogen-bond donors (Lipinski definition) is 1. The summed E-state index contributed by atoms with van der Waals surface area (Å²) in [5.41, 5.74) is 4.27. The molecule has 6 heteroatoms. The zero-order chi connectivity index (χ0) is 22.6. The van der Waals surface area contributed by atoms with Gasteiger partial charge in [-0.05, 0) is 68.0 Å². The van der Waals surface area contributed by atoms with Gasteiger partial charge in [0.2, 0.25) is 0 Å². The summed E-state index contributed by atoms with van der Waals surface area (Å²) < 4.78 is 5.73. The molecule has 0 radical (unpaired) electrons. The summed E-state index contributed by atoms with van der Waals surface area (Å²) >= 11 is 1.87. The molecule has 0 aliphatic rings. The number of nitrogens with zero attached hydrogens (tertiary/aromatic N) is 1. The lowest BCUT2D eigenvalue weighted by Crippen LogP contribution is -2.27. The number of para-hydroxylation sites is 1. The molecule has 0 spiro atoms. The first-order chi connectivity index (χ1) is 15.6. The minimum Gasteiger partial charge on any atom is -0.493 e. The first-order valence-electron chi connectivity index (χ1n) is 11.0. The van der Waals surface area contributed by atoms with Gasteiger partial charge >= 0.3 is 0 Å². The maximum absolute atomic E-state index is 12.3. The number of benzene rings is 3. The Morgan fingerprint density at radius 1 is 0.909 bits per heavy atom. The highest BCUT2D eigenvalue weighted by molar-refractivity contribution is 7.98. The number of rotatable bonds is 12. The first-order valence-corrected chi connectivity index (χ1v) is 12.2. The molecule has 3 rings (SSSR count). The van der Waals surface area contributed by atoms with E-state index in [2.05, 4.69) is 34.5 Å². The lowest BCUT2D eigenvalue weighted by molar-refractivity contribution is 0.0952. The maximum Gasteiger partial charge on any atom is 0.251 e. The zero-order valence-corrected chi connectivity index (χ0v) is 21.0. The lowest BCUT2D eigenvalue weighted by Gasteiger charge is -2.10. The fourth-order valence-electron chi connectivity index (χ4n) is 3.23. The highest BCUT2D eigenvalue weighted by atomic mass is 35.5. The second kappa shape index (κ2) is 14.6. The summed E-state index contributed by atoms with van der Waals surface area (Å²) in [6.07, 6.45) is 0.946. The fraction of sp³-hybridized carbons (Fsp3) is 0.296. The minimum atomic E-state index is -0.0149. The first kappa shape index (κ1) is 26.8. The molecule has 0 atom stereocenters. The topological polar surface area (TPSA) is 41.6 Å². The van der Waals surface area contributed by atoms with Crippen molar-refractivity contribution in [3.8, 4) is 16.9 Å². The number of ether oxygens (including phenoxy) is 1. The Hall–Kier alpha value is -2.47. The highest BCUT2D eigenvalue weighted by Crippen LogP contribution is 2.22. The van der Waals surface area contributed by atoms with Crippen LogP contribution in [0.15, 0.2) is 78.9 Å². The normalized spacial score (nSPS) is 10.5. The van der Waals surface area contributed by atoms with Crippen LogP contribution < -0.4 is 10.1 Å².